The third kappa shape index (κ3) is 25.7. The van der Waals surface area contributed by atoms with E-state index in [0.717, 1.165) is 0 Å². The van der Waals surface area contributed by atoms with Crippen LogP contribution in [0.1, 0.15) is 13.3 Å². The van der Waals surface area contributed by atoms with Crippen LogP contribution in [0.4, 0.5) is 0 Å². The highest BCUT2D eigenvalue weighted by Crippen LogP contribution is 1.74. The van der Waals surface area contributed by atoms with Crippen molar-refractivity contribution in [3.05, 3.63) is 0 Å². The Morgan fingerprint density at radius 2 is 1.80 bits per heavy atom. The Kier molecular flexibility index (Phi) is 13.9. The van der Waals surface area contributed by atoms with Crippen molar-refractivity contribution in [1.29, 1.82) is 0 Å². The molecule has 0 spiro atoms. The van der Waals surface area contributed by atoms with Crippen LogP contribution in [0, 0.1) is 0 Å². The Hall–Kier alpha value is -0.450. The van der Waals surface area contributed by atoms with Gasteiger partial charge >= 0.3 is 0 Å². The average molecular weight is 149 g/mol. The number of nitrogens with two attached hydrogens (primary N) is 1. The van der Waals surface area contributed by atoms with Crippen molar-refractivity contribution in [2.75, 3.05) is 19.8 Å². The molecule has 0 saturated carbocycles. The van der Waals surface area contributed by atoms with Crippen molar-refractivity contribution in [3.63, 3.8) is 0 Å². The molecule has 0 bridgehead atoms. The van der Waals surface area contributed by atoms with Gasteiger partial charge in [-0.25, -0.2) is 0 Å². The van der Waals surface area contributed by atoms with E-state index in [9.17, 15) is 4.79 Å². The van der Waals surface area contributed by atoms with Crippen LogP contribution in [0.25, 0.3) is 0 Å². The largest absolute Gasteiger partial charge is 0.396 e. The molecule has 4 N–H and O–H groups in total. The maximum Gasteiger partial charge on any atom is 0.132 e. The second-order valence-corrected chi connectivity index (χ2v) is 1.69. The molecule has 10 heavy (non-hydrogen) atoms. The molecule has 0 aliphatic carbocycles. The SMILES string of the molecule is CC(=O)CCO.NCCO. The third-order valence-electron chi connectivity index (χ3n) is 0.593. The average Bonchev–Trinajstić information content (AvgIpc) is 1.89. The number of hydrogen-bond donors (Lipinski definition) is 3. The molecule has 0 heterocycles. The molecular weight excluding hydrogens is 134 g/mol. The van der Waals surface area contributed by atoms with E-state index in [1.165, 1.54) is 6.92 Å². The summed E-state index contributed by atoms with van der Waals surface area (Å²) in [7, 11) is 0. The molecule has 0 aromatic carbocycles. The second-order valence-electron chi connectivity index (χ2n) is 1.69. The van der Waals surface area contributed by atoms with Crippen LogP contribution in [0.2, 0.25) is 0 Å². The standard InChI is InChI=1S/C4H8O2.C2H7NO/c1-4(6)2-3-5;3-1-2-4/h5H,2-3H2,1H3;4H,1-3H2. The number of carbonyl (C=O) groups excluding carboxylic acids is 1. The van der Waals surface area contributed by atoms with Crippen molar-refractivity contribution in [1.82, 2.24) is 0 Å². The highest BCUT2D eigenvalue weighted by atomic mass is 16.3. The van der Waals surface area contributed by atoms with E-state index in [1.54, 1.807) is 0 Å². The molecule has 0 aliphatic rings. The first-order valence-corrected chi connectivity index (χ1v) is 3.10. The predicted molar refractivity (Wildman–Crippen MR) is 38.5 cm³/mol. The van der Waals surface area contributed by atoms with Gasteiger partial charge < -0.3 is 15.9 Å². The van der Waals surface area contributed by atoms with Crippen LogP contribution < -0.4 is 5.73 Å². The van der Waals surface area contributed by atoms with Crippen LogP contribution in [-0.2, 0) is 4.79 Å². The number of ketones is 1. The molecule has 0 aromatic heterocycles. The molecule has 0 rings (SSSR count). The van der Waals surface area contributed by atoms with Crippen molar-refractivity contribution >= 4 is 5.78 Å². The minimum Gasteiger partial charge on any atom is -0.396 e. The smallest absolute Gasteiger partial charge is 0.132 e. The molecule has 0 aromatic rings. The summed E-state index contributed by atoms with van der Waals surface area (Å²) in [6, 6.07) is 0. The fourth-order valence-corrected chi connectivity index (χ4v) is 0.157. The van der Waals surface area contributed by atoms with E-state index >= 15 is 0 Å². The van der Waals surface area contributed by atoms with E-state index in [4.69, 9.17) is 15.9 Å². The van der Waals surface area contributed by atoms with Gasteiger partial charge in [-0.1, -0.05) is 0 Å². The lowest BCUT2D eigenvalue weighted by molar-refractivity contribution is -0.117. The van der Waals surface area contributed by atoms with E-state index < -0.39 is 0 Å². The Balaban J connectivity index is 0. The molecule has 0 amide bonds. The van der Waals surface area contributed by atoms with Gasteiger partial charge in [0.25, 0.3) is 0 Å². The van der Waals surface area contributed by atoms with E-state index in [0.29, 0.717) is 13.0 Å². The van der Waals surface area contributed by atoms with Crippen LogP contribution in [-0.4, -0.2) is 35.8 Å². The van der Waals surface area contributed by atoms with Gasteiger partial charge in [0, 0.05) is 19.6 Å². The van der Waals surface area contributed by atoms with Gasteiger partial charge in [0.1, 0.15) is 5.78 Å². The topological polar surface area (TPSA) is 83.5 Å². The van der Waals surface area contributed by atoms with Crippen molar-refractivity contribution in [2.45, 2.75) is 13.3 Å². The fourth-order valence-electron chi connectivity index (χ4n) is 0.157. The lowest BCUT2D eigenvalue weighted by Crippen LogP contribution is -2.02. The minimum absolute atomic E-state index is 0.0185. The Morgan fingerprint density at radius 1 is 1.40 bits per heavy atom. The highest BCUT2D eigenvalue weighted by Gasteiger charge is 1.84. The lowest BCUT2D eigenvalue weighted by Gasteiger charge is -1.80. The first-order chi connectivity index (χ1) is 4.68. The first-order valence-electron chi connectivity index (χ1n) is 3.10. The van der Waals surface area contributed by atoms with Gasteiger partial charge in [0.15, 0.2) is 0 Å². The van der Waals surface area contributed by atoms with Crippen LogP contribution >= 0.6 is 0 Å². The third-order valence-corrected chi connectivity index (χ3v) is 0.593. The zero-order chi connectivity index (χ0) is 8.41. The highest BCUT2D eigenvalue weighted by molar-refractivity contribution is 5.75. The molecule has 4 heteroatoms. The quantitative estimate of drug-likeness (QED) is 0.475. The van der Waals surface area contributed by atoms with E-state index in [1.807, 2.05) is 0 Å². The molecule has 62 valence electrons. The summed E-state index contributed by atoms with van der Waals surface area (Å²) >= 11 is 0. The summed E-state index contributed by atoms with van der Waals surface area (Å²) in [6.07, 6.45) is 0.292. The van der Waals surface area contributed by atoms with Gasteiger partial charge in [-0.05, 0) is 6.92 Å². The predicted octanol–water partition coefficient (Wildman–Crippen LogP) is -1.10. The summed E-state index contributed by atoms with van der Waals surface area (Å²) in [5.74, 6) is 0.0394. The van der Waals surface area contributed by atoms with Gasteiger partial charge in [-0.2, -0.15) is 0 Å². The number of Topliss-reactive ketones (excluding diaryl/α,β-unsaturated/α-hetero) is 1. The van der Waals surface area contributed by atoms with Gasteiger partial charge in [-0.3, -0.25) is 4.79 Å². The minimum atomic E-state index is -0.0185. The monoisotopic (exact) mass is 149 g/mol. The first kappa shape index (κ1) is 12.2. The number of rotatable bonds is 3. The molecule has 0 fully saturated rings. The van der Waals surface area contributed by atoms with Crippen molar-refractivity contribution < 1.29 is 15.0 Å². The maximum absolute atomic E-state index is 9.88. The molecule has 0 unspecified atom stereocenters. The zero-order valence-corrected chi connectivity index (χ0v) is 6.21. The van der Waals surface area contributed by atoms with Crippen molar-refractivity contribution in [3.8, 4) is 0 Å². The van der Waals surface area contributed by atoms with Gasteiger partial charge in [0.05, 0.1) is 6.61 Å². The number of hydrogen-bond acceptors (Lipinski definition) is 4. The van der Waals surface area contributed by atoms with Crippen molar-refractivity contribution in [2.24, 2.45) is 5.73 Å². The Morgan fingerprint density at radius 3 is 1.80 bits per heavy atom. The summed E-state index contributed by atoms with van der Waals surface area (Å²) < 4.78 is 0. The summed E-state index contributed by atoms with van der Waals surface area (Å²) in [5.41, 5.74) is 4.78. The Labute approximate surface area is 60.7 Å². The number of aliphatic hydroxyl groups is 2. The Bertz CT molecular complexity index is 73.4. The molecule has 4 nitrogen and oxygen atoms in total. The van der Waals surface area contributed by atoms with Crippen LogP contribution in [0.3, 0.4) is 0 Å². The number of aliphatic hydroxyl groups excluding tert-OH is 2. The normalized spacial score (nSPS) is 8.00. The van der Waals surface area contributed by atoms with Crippen LogP contribution in [0.15, 0.2) is 0 Å². The number of carbonyl (C=O) groups is 1. The van der Waals surface area contributed by atoms with Gasteiger partial charge in [-0.15, -0.1) is 0 Å². The second kappa shape index (κ2) is 11.4. The van der Waals surface area contributed by atoms with E-state index in [2.05, 4.69) is 0 Å². The molecule has 0 atom stereocenters. The fraction of sp³-hybridized carbons (Fsp3) is 0.833. The van der Waals surface area contributed by atoms with Gasteiger partial charge in [0.2, 0.25) is 0 Å². The summed E-state index contributed by atoms with van der Waals surface area (Å²) in [4.78, 5) is 9.88. The summed E-state index contributed by atoms with van der Waals surface area (Å²) in [6.45, 7) is 1.91. The molecule has 0 radical (unpaired) electrons. The molecule has 0 aliphatic heterocycles. The molecular formula is C6H15NO3. The molecule has 0 saturated heterocycles. The van der Waals surface area contributed by atoms with Crippen LogP contribution in [0.5, 0.6) is 0 Å². The lowest BCUT2D eigenvalue weighted by atomic mass is 10.3. The maximum atomic E-state index is 9.88. The summed E-state index contributed by atoms with van der Waals surface area (Å²) in [5, 5.41) is 15.8. The zero-order valence-electron chi connectivity index (χ0n) is 6.21. The van der Waals surface area contributed by atoms with E-state index in [-0.39, 0.29) is 19.0 Å².